The summed E-state index contributed by atoms with van der Waals surface area (Å²) >= 11 is 0.134. The number of aryl methyl sites for hydroxylation is 2. The molecule has 3 aromatic carbocycles. The second-order valence-corrected chi connectivity index (χ2v) is 10.4. The number of carbonyl (C=O) groups excluding carboxylic acids is 1. The molecular formula is C28H24N2OSe. The van der Waals surface area contributed by atoms with Crippen molar-refractivity contribution in [3.05, 3.63) is 108 Å². The fourth-order valence-electron chi connectivity index (χ4n) is 4.02. The van der Waals surface area contributed by atoms with Crippen LogP contribution < -0.4 is 13.8 Å². The molecule has 5 rings (SSSR count). The molecule has 0 saturated heterocycles. The minimum absolute atomic E-state index is 0.0234. The van der Waals surface area contributed by atoms with E-state index in [0.717, 1.165) is 29.9 Å². The third kappa shape index (κ3) is 4.25. The van der Waals surface area contributed by atoms with Gasteiger partial charge in [0.2, 0.25) is 0 Å². The second-order valence-electron chi connectivity index (χ2n) is 8.03. The van der Waals surface area contributed by atoms with Gasteiger partial charge < -0.3 is 0 Å². The molecule has 0 N–H and O–H groups in total. The Balaban J connectivity index is 1.62. The Kier molecular flexibility index (Phi) is 5.89. The Morgan fingerprint density at radius 2 is 1.59 bits per heavy atom. The molecule has 0 aliphatic carbocycles. The van der Waals surface area contributed by atoms with E-state index in [9.17, 15) is 4.79 Å². The third-order valence-corrected chi connectivity index (χ3v) is 7.87. The van der Waals surface area contributed by atoms with Crippen LogP contribution >= 0.6 is 0 Å². The van der Waals surface area contributed by atoms with Crippen LogP contribution in [-0.2, 0) is 6.42 Å². The standard InChI is InChI=1S/C28H24N2OSe/c1-20-14-16-21(17-15-20)26-25(32-24-12-6-3-7-13-24)19-23-11-8-18-30(27(23)29-26)28(31)22-9-4-2-5-10-22/h2-7,9-10,12-17,19H,8,11,18H2,1H3. The molecule has 0 bridgehead atoms. The van der Waals surface area contributed by atoms with Gasteiger partial charge in [-0.05, 0) is 0 Å². The van der Waals surface area contributed by atoms with Crippen molar-refractivity contribution in [1.82, 2.24) is 4.98 Å². The first-order chi connectivity index (χ1) is 15.7. The SMILES string of the molecule is Cc1ccc(-c2nc3c(cc2[Se]c2ccccc2)CCCN3C(=O)c2ccccc2)cc1. The van der Waals surface area contributed by atoms with Crippen molar-refractivity contribution in [2.75, 3.05) is 11.4 Å². The van der Waals surface area contributed by atoms with Crippen molar-refractivity contribution in [1.29, 1.82) is 0 Å². The summed E-state index contributed by atoms with van der Waals surface area (Å²) in [7, 11) is 0. The molecular weight excluding hydrogens is 459 g/mol. The van der Waals surface area contributed by atoms with Crippen LogP contribution in [0.4, 0.5) is 5.82 Å². The van der Waals surface area contributed by atoms with Gasteiger partial charge in [0.25, 0.3) is 0 Å². The van der Waals surface area contributed by atoms with Crippen LogP contribution in [-0.4, -0.2) is 32.4 Å². The van der Waals surface area contributed by atoms with Crippen LogP contribution in [0.25, 0.3) is 11.3 Å². The maximum atomic E-state index is 13.3. The van der Waals surface area contributed by atoms with Gasteiger partial charge in [0.1, 0.15) is 0 Å². The Morgan fingerprint density at radius 1 is 0.906 bits per heavy atom. The van der Waals surface area contributed by atoms with Gasteiger partial charge in [-0.25, -0.2) is 0 Å². The molecule has 1 aromatic heterocycles. The molecule has 158 valence electrons. The fourth-order valence-corrected chi connectivity index (χ4v) is 6.14. The number of fused-ring (bicyclic) bond motifs is 1. The summed E-state index contributed by atoms with van der Waals surface area (Å²) in [5, 5.41) is 0. The average molecular weight is 483 g/mol. The van der Waals surface area contributed by atoms with Crippen LogP contribution in [0, 0.1) is 6.92 Å². The normalized spacial score (nSPS) is 13.0. The van der Waals surface area contributed by atoms with Gasteiger partial charge in [-0.3, -0.25) is 0 Å². The molecule has 0 fully saturated rings. The van der Waals surface area contributed by atoms with Gasteiger partial charge in [-0.2, -0.15) is 0 Å². The summed E-state index contributed by atoms with van der Waals surface area (Å²) in [5.41, 5.74) is 5.19. The van der Waals surface area contributed by atoms with Gasteiger partial charge in [0.05, 0.1) is 0 Å². The number of anilines is 1. The number of nitrogens with zero attached hydrogens (tertiary/aromatic N) is 2. The first kappa shape index (κ1) is 20.7. The zero-order chi connectivity index (χ0) is 21.9. The number of rotatable bonds is 4. The van der Waals surface area contributed by atoms with Gasteiger partial charge in [0.15, 0.2) is 0 Å². The predicted octanol–water partition coefficient (Wildman–Crippen LogP) is 4.31. The molecule has 1 amide bonds. The molecule has 1 aliphatic rings. The molecule has 4 heteroatoms. The fraction of sp³-hybridized carbons (Fsp3) is 0.143. The number of aromatic nitrogens is 1. The number of carbonyl (C=O) groups is 1. The Labute approximate surface area is 195 Å². The number of benzene rings is 3. The molecule has 2 heterocycles. The predicted molar refractivity (Wildman–Crippen MR) is 132 cm³/mol. The van der Waals surface area contributed by atoms with E-state index in [2.05, 4.69) is 67.6 Å². The van der Waals surface area contributed by atoms with Gasteiger partial charge in [-0.15, -0.1) is 0 Å². The van der Waals surface area contributed by atoms with Crippen molar-refractivity contribution in [2.45, 2.75) is 19.8 Å². The van der Waals surface area contributed by atoms with Crippen molar-refractivity contribution >= 4 is 35.6 Å². The van der Waals surface area contributed by atoms with Gasteiger partial charge in [-0.1, -0.05) is 0 Å². The molecule has 0 unspecified atom stereocenters. The van der Waals surface area contributed by atoms with Crippen LogP contribution in [0.3, 0.4) is 0 Å². The topological polar surface area (TPSA) is 33.2 Å². The number of amides is 1. The van der Waals surface area contributed by atoms with Crippen molar-refractivity contribution in [3.63, 3.8) is 0 Å². The van der Waals surface area contributed by atoms with E-state index in [4.69, 9.17) is 4.98 Å². The zero-order valence-electron chi connectivity index (χ0n) is 18.0. The van der Waals surface area contributed by atoms with E-state index in [1.165, 1.54) is 20.1 Å². The summed E-state index contributed by atoms with van der Waals surface area (Å²) in [5.74, 6) is 0.837. The monoisotopic (exact) mass is 484 g/mol. The van der Waals surface area contributed by atoms with E-state index in [0.29, 0.717) is 12.1 Å². The van der Waals surface area contributed by atoms with E-state index in [-0.39, 0.29) is 20.9 Å². The third-order valence-electron chi connectivity index (χ3n) is 5.69. The summed E-state index contributed by atoms with van der Waals surface area (Å²) in [6, 6.07) is 31.0. The Bertz CT molecular complexity index is 1240. The maximum absolute atomic E-state index is 13.3. The molecule has 0 radical (unpaired) electrons. The molecule has 0 spiro atoms. The molecule has 4 aromatic rings. The van der Waals surface area contributed by atoms with Gasteiger partial charge in [0, 0.05) is 0 Å². The van der Waals surface area contributed by atoms with Crippen LogP contribution in [0.2, 0.25) is 0 Å². The molecule has 0 atom stereocenters. The number of pyridine rings is 1. The van der Waals surface area contributed by atoms with Crippen molar-refractivity contribution in [3.8, 4) is 11.3 Å². The summed E-state index contributed by atoms with van der Waals surface area (Å²) in [4.78, 5) is 20.3. The molecule has 3 nitrogen and oxygen atoms in total. The molecule has 0 saturated carbocycles. The van der Waals surface area contributed by atoms with E-state index in [1.807, 2.05) is 35.2 Å². The first-order valence-corrected chi connectivity index (χ1v) is 12.6. The van der Waals surface area contributed by atoms with Crippen molar-refractivity contribution in [2.24, 2.45) is 0 Å². The zero-order valence-corrected chi connectivity index (χ0v) is 19.7. The summed E-state index contributed by atoms with van der Waals surface area (Å²) in [6.45, 7) is 2.80. The van der Waals surface area contributed by atoms with Gasteiger partial charge >= 0.3 is 196 Å². The second kappa shape index (κ2) is 9.12. The number of hydrogen-bond acceptors (Lipinski definition) is 2. The number of hydrogen-bond donors (Lipinski definition) is 0. The van der Waals surface area contributed by atoms with E-state index in [1.54, 1.807) is 0 Å². The quantitative estimate of drug-likeness (QED) is 0.406. The average Bonchev–Trinajstić information content (AvgIpc) is 2.84. The van der Waals surface area contributed by atoms with Crippen LogP contribution in [0.15, 0.2) is 91.0 Å². The van der Waals surface area contributed by atoms with E-state index >= 15 is 0 Å². The van der Waals surface area contributed by atoms with E-state index < -0.39 is 0 Å². The first-order valence-electron chi connectivity index (χ1n) is 10.9. The van der Waals surface area contributed by atoms with Crippen LogP contribution in [0.5, 0.6) is 0 Å². The molecule has 1 aliphatic heterocycles. The minimum atomic E-state index is 0.0234. The summed E-state index contributed by atoms with van der Waals surface area (Å²) in [6.07, 6.45) is 1.90. The summed E-state index contributed by atoms with van der Waals surface area (Å²) < 4.78 is 2.59. The Morgan fingerprint density at radius 3 is 2.31 bits per heavy atom. The molecule has 32 heavy (non-hydrogen) atoms. The Hall–Kier alpha value is -3.20. The van der Waals surface area contributed by atoms with Crippen molar-refractivity contribution < 1.29 is 4.79 Å². The van der Waals surface area contributed by atoms with Crippen LogP contribution in [0.1, 0.15) is 27.9 Å².